The first kappa shape index (κ1) is 16.1. The molecule has 7 heteroatoms. The second kappa shape index (κ2) is 7.57. The van der Waals surface area contributed by atoms with Crippen LogP contribution in [0.5, 0.6) is 5.75 Å². The van der Waals surface area contributed by atoms with Crippen molar-refractivity contribution in [3.05, 3.63) is 24.3 Å². The van der Waals surface area contributed by atoms with E-state index in [1.54, 1.807) is 24.3 Å². The second-order valence-electron chi connectivity index (χ2n) is 4.29. The lowest BCUT2D eigenvalue weighted by atomic mass is 10.3. The lowest BCUT2D eigenvalue weighted by Gasteiger charge is -2.11. The molecule has 0 heterocycles. The number of likely N-dealkylation sites (N-methyl/N-ethyl adjacent to an activating group) is 1. The fourth-order valence-electron chi connectivity index (χ4n) is 1.30. The fourth-order valence-corrected chi connectivity index (χ4v) is 2.71. The van der Waals surface area contributed by atoms with Gasteiger partial charge in [0.25, 0.3) is 0 Å². The lowest BCUT2D eigenvalue weighted by molar-refractivity contribution is 0.261. The summed E-state index contributed by atoms with van der Waals surface area (Å²) in [5.74, 6) is 0.679. The molecule has 0 atom stereocenters. The summed E-state index contributed by atoms with van der Waals surface area (Å²) in [5.41, 5.74) is 0.505. The summed E-state index contributed by atoms with van der Waals surface area (Å²) in [6, 6.07) is 6.79. The SMILES string of the molecule is CN(C)CCOc1ccc(NS(=O)(=O)CCCl)cc1. The van der Waals surface area contributed by atoms with Crippen molar-refractivity contribution < 1.29 is 13.2 Å². The maximum Gasteiger partial charge on any atom is 0.233 e. The molecule has 108 valence electrons. The molecule has 0 amide bonds. The van der Waals surface area contributed by atoms with E-state index in [1.807, 2.05) is 19.0 Å². The quantitative estimate of drug-likeness (QED) is 0.741. The van der Waals surface area contributed by atoms with Gasteiger partial charge in [-0.3, -0.25) is 4.72 Å². The van der Waals surface area contributed by atoms with Crippen LogP contribution in [0.4, 0.5) is 5.69 Å². The van der Waals surface area contributed by atoms with Crippen LogP contribution in [-0.4, -0.2) is 52.2 Å². The van der Waals surface area contributed by atoms with Crippen molar-refractivity contribution in [3.8, 4) is 5.75 Å². The Labute approximate surface area is 119 Å². The number of alkyl halides is 1. The molecule has 0 saturated heterocycles. The minimum Gasteiger partial charge on any atom is -0.492 e. The molecular formula is C12H19ClN2O3S. The molecule has 1 rings (SSSR count). The third-order valence-corrected chi connectivity index (χ3v) is 3.98. The van der Waals surface area contributed by atoms with E-state index in [0.717, 1.165) is 6.54 Å². The number of sulfonamides is 1. The molecule has 0 aliphatic rings. The fraction of sp³-hybridized carbons (Fsp3) is 0.500. The summed E-state index contributed by atoms with van der Waals surface area (Å²) in [4.78, 5) is 2.02. The average molecular weight is 307 g/mol. The summed E-state index contributed by atoms with van der Waals surface area (Å²) in [7, 11) is 0.586. The smallest absolute Gasteiger partial charge is 0.233 e. The Kier molecular flexibility index (Phi) is 6.41. The first-order chi connectivity index (χ1) is 8.93. The topological polar surface area (TPSA) is 58.6 Å². The maximum atomic E-state index is 11.5. The molecule has 0 fully saturated rings. The van der Waals surface area contributed by atoms with Gasteiger partial charge in [-0.25, -0.2) is 8.42 Å². The van der Waals surface area contributed by atoms with Crippen molar-refractivity contribution in [1.82, 2.24) is 4.90 Å². The summed E-state index contributed by atoms with van der Waals surface area (Å²) in [6.45, 7) is 1.41. The van der Waals surface area contributed by atoms with Crippen LogP contribution in [0.3, 0.4) is 0 Å². The molecular weight excluding hydrogens is 288 g/mol. The van der Waals surface area contributed by atoms with E-state index in [4.69, 9.17) is 16.3 Å². The summed E-state index contributed by atoms with van der Waals surface area (Å²) < 4.78 is 31.0. The zero-order valence-corrected chi connectivity index (χ0v) is 12.7. The minimum atomic E-state index is -3.36. The Hall–Kier alpha value is -0.980. The monoisotopic (exact) mass is 306 g/mol. The van der Waals surface area contributed by atoms with E-state index in [1.165, 1.54) is 0 Å². The van der Waals surface area contributed by atoms with E-state index >= 15 is 0 Å². The predicted octanol–water partition coefficient (Wildman–Crippen LogP) is 1.61. The Bertz CT molecular complexity index is 474. The van der Waals surface area contributed by atoms with E-state index in [-0.39, 0.29) is 11.6 Å². The molecule has 0 aliphatic heterocycles. The van der Waals surface area contributed by atoms with Crippen LogP contribution >= 0.6 is 11.6 Å². The number of nitrogens with zero attached hydrogens (tertiary/aromatic N) is 1. The summed E-state index contributed by atoms with van der Waals surface area (Å²) in [5, 5.41) is 0. The number of nitrogens with one attached hydrogen (secondary N) is 1. The number of rotatable bonds is 8. The Morgan fingerprint density at radius 3 is 2.42 bits per heavy atom. The Morgan fingerprint density at radius 2 is 1.89 bits per heavy atom. The van der Waals surface area contributed by atoms with Crippen LogP contribution in [0.25, 0.3) is 0 Å². The van der Waals surface area contributed by atoms with Crippen LogP contribution < -0.4 is 9.46 Å². The Morgan fingerprint density at radius 1 is 1.26 bits per heavy atom. The van der Waals surface area contributed by atoms with Gasteiger partial charge < -0.3 is 9.64 Å². The molecule has 0 bridgehead atoms. The third-order valence-electron chi connectivity index (χ3n) is 2.28. The van der Waals surface area contributed by atoms with E-state index in [2.05, 4.69) is 4.72 Å². The van der Waals surface area contributed by atoms with E-state index in [9.17, 15) is 8.42 Å². The highest BCUT2D eigenvalue weighted by molar-refractivity contribution is 7.92. The number of halogens is 1. The molecule has 0 radical (unpaired) electrons. The number of hydrogen-bond donors (Lipinski definition) is 1. The minimum absolute atomic E-state index is 0.0705. The molecule has 0 unspecified atom stereocenters. The van der Waals surface area contributed by atoms with Crippen molar-refractivity contribution in [2.24, 2.45) is 0 Å². The number of ether oxygens (including phenoxy) is 1. The molecule has 1 aromatic rings. The molecule has 0 aliphatic carbocycles. The van der Waals surface area contributed by atoms with Crippen LogP contribution in [-0.2, 0) is 10.0 Å². The van der Waals surface area contributed by atoms with Crippen molar-refractivity contribution in [1.29, 1.82) is 0 Å². The first-order valence-electron chi connectivity index (χ1n) is 5.87. The van der Waals surface area contributed by atoms with E-state index in [0.29, 0.717) is 18.0 Å². The Balaban J connectivity index is 2.52. The largest absolute Gasteiger partial charge is 0.492 e. The van der Waals surface area contributed by atoms with Crippen LogP contribution in [0.2, 0.25) is 0 Å². The second-order valence-corrected chi connectivity index (χ2v) is 6.51. The predicted molar refractivity (Wildman–Crippen MR) is 78.6 cm³/mol. The highest BCUT2D eigenvalue weighted by Crippen LogP contribution is 2.16. The van der Waals surface area contributed by atoms with Crippen molar-refractivity contribution in [3.63, 3.8) is 0 Å². The van der Waals surface area contributed by atoms with Gasteiger partial charge in [-0.2, -0.15) is 0 Å². The van der Waals surface area contributed by atoms with Crippen LogP contribution in [0, 0.1) is 0 Å². The van der Waals surface area contributed by atoms with Gasteiger partial charge in [-0.15, -0.1) is 11.6 Å². The van der Waals surface area contributed by atoms with Crippen LogP contribution in [0.1, 0.15) is 0 Å². The molecule has 5 nitrogen and oxygen atoms in total. The number of benzene rings is 1. The average Bonchev–Trinajstić information content (AvgIpc) is 2.30. The third kappa shape index (κ3) is 6.66. The highest BCUT2D eigenvalue weighted by Gasteiger charge is 2.08. The molecule has 0 aromatic heterocycles. The zero-order valence-electron chi connectivity index (χ0n) is 11.1. The standard InChI is InChI=1S/C12H19ClN2O3S/c1-15(2)8-9-18-12-5-3-11(4-6-12)14-19(16,17)10-7-13/h3-6,14H,7-10H2,1-2H3. The molecule has 1 aromatic carbocycles. The number of anilines is 1. The summed E-state index contributed by atoms with van der Waals surface area (Å²) >= 11 is 5.42. The van der Waals surface area contributed by atoms with Gasteiger partial charge in [0.15, 0.2) is 0 Å². The van der Waals surface area contributed by atoms with Gasteiger partial charge in [0.05, 0.1) is 5.75 Å². The molecule has 0 saturated carbocycles. The maximum absolute atomic E-state index is 11.5. The van der Waals surface area contributed by atoms with Gasteiger partial charge in [0.1, 0.15) is 12.4 Å². The normalized spacial score (nSPS) is 11.6. The highest BCUT2D eigenvalue weighted by atomic mass is 35.5. The van der Waals surface area contributed by atoms with Gasteiger partial charge in [-0.1, -0.05) is 0 Å². The lowest BCUT2D eigenvalue weighted by Crippen LogP contribution is -2.19. The van der Waals surface area contributed by atoms with Gasteiger partial charge in [0, 0.05) is 18.1 Å². The van der Waals surface area contributed by atoms with E-state index < -0.39 is 10.0 Å². The molecule has 1 N–H and O–H groups in total. The van der Waals surface area contributed by atoms with Gasteiger partial charge >= 0.3 is 0 Å². The van der Waals surface area contributed by atoms with Crippen molar-refractivity contribution in [2.75, 3.05) is 43.6 Å². The molecule has 0 spiro atoms. The van der Waals surface area contributed by atoms with Crippen molar-refractivity contribution in [2.45, 2.75) is 0 Å². The number of hydrogen-bond acceptors (Lipinski definition) is 4. The molecule has 19 heavy (non-hydrogen) atoms. The van der Waals surface area contributed by atoms with Gasteiger partial charge in [0.2, 0.25) is 10.0 Å². The summed E-state index contributed by atoms with van der Waals surface area (Å²) in [6.07, 6.45) is 0. The first-order valence-corrected chi connectivity index (χ1v) is 8.06. The van der Waals surface area contributed by atoms with Gasteiger partial charge in [-0.05, 0) is 38.4 Å². The van der Waals surface area contributed by atoms with Crippen molar-refractivity contribution >= 4 is 27.3 Å². The zero-order chi connectivity index (χ0) is 14.3. The van der Waals surface area contributed by atoms with Crippen LogP contribution in [0.15, 0.2) is 24.3 Å².